The standard InChI is InChI=1S/C18H17ClN2O3/c1-11-17(22)21-15-7-4-13(10-16(15)24-11)18(23)20-9-8-12-2-5-14(19)6-3-12/h2-7,10-11H,8-9H2,1H3,(H,20,23)(H,21,22). The minimum atomic E-state index is -0.569. The van der Waals surface area contributed by atoms with Crippen LogP contribution in [0.4, 0.5) is 5.69 Å². The third kappa shape index (κ3) is 3.68. The molecule has 0 spiro atoms. The van der Waals surface area contributed by atoms with Gasteiger partial charge in [0.25, 0.3) is 11.8 Å². The molecule has 124 valence electrons. The normalized spacial score (nSPS) is 15.9. The summed E-state index contributed by atoms with van der Waals surface area (Å²) in [4.78, 5) is 23.8. The van der Waals surface area contributed by atoms with Crippen molar-refractivity contribution in [3.8, 4) is 5.75 Å². The van der Waals surface area contributed by atoms with Crippen molar-refractivity contribution in [2.75, 3.05) is 11.9 Å². The van der Waals surface area contributed by atoms with Gasteiger partial charge in [0, 0.05) is 17.1 Å². The van der Waals surface area contributed by atoms with Gasteiger partial charge in [0.15, 0.2) is 6.10 Å². The molecule has 0 saturated heterocycles. The fraction of sp³-hybridized carbons (Fsp3) is 0.222. The molecule has 0 fully saturated rings. The van der Waals surface area contributed by atoms with Crippen LogP contribution >= 0.6 is 11.6 Å². The number of nitrogens with one attached hydrogen (secondary N) is 2. The van der Waals surface area contributed by atoms with E-state index in [1.807, 2.05) is 24.3 Å². The van der Waals surface area contributed by atoms with Crippen molar-refractivity contribution in [2.24, 2.45) is 0 Å². The molecule has 6 heteroatoms. The van der Waals surface area contributed by atoms with E-state index < -0.39 is 6.10 Å². The third-order valence-corrected chi connectivity index (χ3v) is 4.04. The predicted molar refractivity (Wildman–Crippen MR) is 92.7 cm³/mol. The summed E-state index contributed by atoms with van der Waals surface area (Å²) in [6.07, 6.45) is 0.151. The first-order chi connectivity index (χ1) is 11.5. The molecule has 2 aromatic rings. The largest absolute Gasteiger partial charge is 0.479 e. The van der Waals surface area contributed by atoms with E-state index in [1.165, 1.54) is 0 Å². The van der Waals surface area contributed by atoms with Crippen LogP contribution < -0.4 is 15.4 Å². The lowest BCUT2D eigenvalue weighted by molar-refractivity contribution is -0.122. The van der Waals surface area contributed by atoms with Crippen molar-refractivity contribution in [2.45, 2.75) is 19.4 Å². The Bertz CT molecular complexity index is 774. The van der Waals surface area contributed by atoms with Crippen LogP contribution in [0.1, 0.15) is 22.8 Å². The second kappa shape index (κ2) is 6.93. The Morgan fingerprint density at radius 1 is 1.25 bits per heavy atom. The number of carbonyl (C=O) groups is 2. The number of amides is 2. The van der Waals surface area contributed by atoms with Crippen LogP contribution in [0, 0.1) is 0 Å². The number of rotatable bonds is 4. The van der Waals surface area contributed by atoms with Crippen LogP contribution in [0.25, 0.3) is 0 Å². The summed E-state index contributed by atoms with van der Waals surface area (Å²) in [5, 5.41) is 6.31. The van der Waals surface area contributed by atoms with Gasteiger partial charge in [-0.05, 0) is 49.2 Å². The number of halogens is 1. The number of ether oxygens (including phenoxy) is 1. The fourth-order valence-corrected chi connectivity index (χ4v) is 2.54. The van der Waals surface area contributed by atoms with Crippen LogP contribution in [0.5, 0.6) is 5.75 Å². The van der Waals surface area contributed by atoms with Gasteiger partial charge < -0.3 is 15.4 Å². The molecule has 2 aromatic carbocycles. The highest BCUT2D eigenvalue weighted by atomic mass is 35.5. The minimum absolute atomic E-state index is 0.181. The van der Waals surface area contributed by atoms with Gasteiger partial charge >= 0.3 is 0 Å². The number of carbonyl (C=O) groups excluding carboxylic acids is 2. The Morgan fingerprint density at radius 3 is 2.75 bits per heavy atom. The van der Waals surface area contributed by atoms with Crippen molar-refractivity contribution in [1.82, 2.24) is 5.32 Å². The quantitative estimate of drug-likeness (QED) is 0.895. The second-order valence-electron chi connectivity index (χ2n) is 5.59. The summed E-state index contributed by atoms with van der Waals surface area (Å²) in [5.74, 6) is 0.134. The summed E-state index contributed by atoms with van der Waals surface area (Å²) in [6.45, 7) is 2.18. The van der Waals surface area contributed by atoms with Gasteiger partial charge in [-0.3, -0.25) is 9.59 Å². The minimum Gasteiger partial charge on any atom is -0.479 e. The third-order valence-electron chi connectivity index (χ3n) is 3.79. The van der Waals surface area contributed by atoms with Gasteiger partial charge in [-0.25, -0.2) is 0 Å². The lowest BCUT2D eigenvalue weighted by atomic mass is 10.1. The number of benzene rings is 2. The maximum absolute atomic E-state index is 12.2. The Balaban J connectivity index is 1.60. The maximum Gasteiger partial charge on any atom is 0.265 e. The lowest BCUT2D eigenvalue weighted by Crippen LogP contribution is -2.34. The Hall–Kier alpha value is -2.53. The molecule has 5 nitrogen and oxygen atoms in total. The van der Waals surface area contributed by atoms with Crippen molar-refractivity contribution < 1.29 is 14.3 Å². The van der Waals surface area contributed by atoms with Gasteiger partial charge in [-0.2, -0.15) is 0 Å². The summed E-state index contributed by atoms with van der Waals surface area (Å²) >= 11 is 5.85. The Kier molecular flexibility index (Phi) is 4.71. The molecule has 0 aromatic heterocycles. The first-order valence-electron chi connectivity index (χ1n) is 7.67. The van der Waals surface area contributed by atoms with Crippen LogP contribution in [0.15, 0.2) is 42.5 Å². The molecule has 1 atom stereocenters. The van der Waals surface area contributed by atoms with Crippen molar-refractivity contribution in [3.63, 3.8) is 0 Å². The number of fused-ring (bicyclic) bond motifs is 1. The maximum atomic E-state index is 12.2. The molecule has 24 heavy (non-hydrogen) atoms. The monoisotopic (exact) mass is 344 g/mol. The van der Waals surface area contributed by atoms with E-state index in [2.05, 4.69) is 10.6 Å². The summed E-state index contributed by atoms with van der Waals surface area (Å²) in [5.41, 5.74) is 2.18. The average molecular weight is 345 g/mol. The molecule has 0 saturated carbocycles. The lowest BCUT2D eigenvalue weighted by Gasteiger charge is -2.23. The van der Waals surface area contributed by atoms with Gasteiger partial charge in [0.1, 0.15) is 5.75 Å². The second-order valence-corrected chi connectivity index (χ2v) is 6.03. The predicted octanol–water partition coefficient (Wildman–Crippen LogP) is 3.03. The van der Waals surface area contributed by atoms with E-state index in [1.54, 1.807) is 25.1 Å². The molecule has 1 unspecified atom stereocenters. The van der Waals surface area contributed by atoms with E-state index >= 15 is 0 Å². The molecule has 2 amide bonds. The molecule has 2 N–H and O–H groups in total. The number of anilines is 1. The summed E-state index contributed by atoms with van der Waals surface area (Å²) in [7, 11) is 0. The molecule has 0 aliphatic carbocycles. The topological polar surface area (TPSA) is 67.4 Å². The number of hydrogen-bond donors (Lipinski definition) is 2. The molecule has 0 radical (unpaired) electrons. The van der Waals surface area contributed by atoms with Gasteiger partial charge in [0.05, 0.1) is 5.69 Å². The zero-order chi connectivity index (χ0) is 17.1. The highest BCUT2D eigenvalue weighted by molar-refractivity contribution is 6.30. The van der Waals surface area contributed by atoms with Crippen LogP contribution in [-0.2, 0) is 11.2 Å². The van der Waals surface area contributed by atoms with E-state index in [-0.39, 0.29) is 11.8 Å². The van der Waals surface area contributed by atoms with Crippen LogP contribution in [-0.4, -0.2) is 24.5 Å². The van der Waals surface area contributed by atoms with Gasteiger partial charge in [0.2, 0.25) is 0 Å². The zero-order valence-corrected chi connectivity index (χ0v) is 13.9. The van der Waals surface area contributed by atoms with E-state index in [0.717, 1.165) is 12.0 Å². The molecular formula is C18H17ClN2O3. The van der Waals surface area contributed by atoms with Gasteiger partial charge in [-0.15, -0.1) is 0 Å². The van der Waals surface area contributed by atoms with E-state index in [9.17, 15) is 9.59 Å². The van der Waals surface area contributed by atoms with Crippen LogP contribution in [0.3, 0.4) is 0 Å². The first kappa shape index (κ1) is 16.3. The van der Waals surface area contributed by atoms with Crippen LogP contribution in [0.2, 0.25) is 5.02 Å². The summed E-state index contributed by atoms with van der Waals surface area (Å²) in [6, 6.07) is 12.5. The van der Waals surface area contributed by atoms with E-state index in [0.29, 0.717) is 28.6 Å². The first-order valence-corrected chi connectivity index (χ1v) is 8.05. The Morgan fingerprint density at radius 2 is 2.00 bits per heavy atom. The number of hydrogen-bond acceptors (Lipinski definition) is 3. The SMILES string of the molecule is CC1Oc2cc(C(=O)NCCc3ccc(Cl)cc3)ccc2NC1=O. The molecule has 1 aliphatic heterocycles. The summed E-state index contributed by atoms with van der Waals surface area (Å²) < 4.78 is 5.52. The highest BCUT2D eigenvalue weighted by Crippen LogP contribution is 2.30. The van der Waals surface area contributed by atoms with E-state index in [4.69, 9.17) is 16.3 Å². The molecule has 3 rings (SSSR count). The fourth-order valence-electron chi connectivity index (χ4n) is 2.42. The smallest absolute Gasteiger partial charge is 0.265 e. The van der Waals surface area contributed by atoms with Crippen molar-refractivity contribution in [3.05, 3.63) is 58.6 Å². The van der Waals surface area contributed by atoms with Crippen molar-refractivity contribution in [1.29, 1.82) is 0 Å². The molecule has 1 heterocycles. The van der Waals surface area contributed by atoms with Gasteiger partial charge in [-0.1, -0.05) is 23.7 Å². The zero-order valence-electron chi connectivity index (χ0n) is 13.1. The Labute approximate surface area is 145 Å². The molecule has 0 bridgehead atoms. The average Bonchev–Trinajstić information content (AvgIpc) is 2.57. The highest BCUT2D eigenvalue weighted by Gasteiger charge is 2.24. The molecule has 1 aliphatic rings. The molecular weight excluding hydrogens is 328 g/mol. The van der Waals surface area contributed by atoms with Crippen molar-refractivity contribution >= 4 is 29.1 Å².